The van der Waals surface area contributed by atoms with Crippen LogP contribution in [0.25, 0.3) is 0 Å². The third-order valence-corrected chi connectivity index (χ3v) is 4.08. The van der Waals surface area contributed by atoms with Crippen LogP contribution < -0.4 is 15.2 Å². The van der Waals surface area contributed by atoms with Crippen LogP contribution in [0.4, 0.5) is 4.39 Å². The van der Waals surface area contributed by atoms with Crippen LogP contribution in [0.5, 0.6) is 11.5 Å². The molecule has 24 heavy (non-hydrogen) atoms. The largest absolute Gasteiger partial charge is 0.494 e. The highest BCUT2D eigenvalue weighted by molar-refractivity contribution is 5.34. The number of halogens is 1. The molecule has 130 valence electrons. The lowest BCUT2D eigenvalue weighted by Crippen LogP contribution is -2.15. The average molecular weight is 331 g/mol. The molecule has 0 radical (unpaired) electrons. The summed E-state index contributed by atoms with van der Waals surface area (Å²) >= 11 is 0. The molecule has 1 atom stereocenters. The summed E-state index contributed by atoms with van der Waals surface area (Å²) in [6.45, 7) is 3.32. The van der Waals surface area contributed by atoms with E-state index in [9.17, 15) is 4.39 Å². The molecule has 4 heteroatoms. The molecule has 2 aromatic carbocycles. The Morgan fingerprint density at radius 3 is 2.67 bits per heavy atom. The molecule has 2 aromatic rings. The Bertz CT molecular complexity index is 645. The molecule has 1 unspecified atom stereocenters. The maximum atomic E-state index is 13.9. The highest BCUT2D eigenvalue weighted by atomic mass is 19.1. The van der Waals surface area contributed by atoms with Crippen molar-refractivity contribution in [3.63, 3.8) is 0 Å². The zero-order valence-corrected chi connectivity index (χ0v) is 14.4. The number of hydrogen-bond donors (Lipinski definition) is 1. The number of ether oxygens (including phenoxy) is 2. The van der Waals surface area contributed by atoms with Crippen molar-refractivity contribution >= 4 is 0 Å². The molecule has 3 nitrogen and oxygen atoms in total. The van der Waals surface area contributed by atoms with Crippen LogP contribution in [0.2, 0.25) is 0 Å². The lowest BCUT2D eigenvalue weighted by molar-refractivity contribution is 0.309. The van der Waals surface area contributed by atoms with Crippen molar-refractivity contribution in [3.8, 4) is 11.5 Å². The molecule has 2 rings (SSSR count). The van der Waals surface area contributed by atoms with E-state index in [1.807, 2.05) is 24.3 Å². The standard InChI is InChI=1S/C20H26FNO2/c1-3-4-10-24-18-7-5-6-15(12-18)11-17(14-22)16-8-9-20(23-2)19(21)13-16/h5-9,12-13,17H,3-4,10-11,14,22H2,1-2H3. The lowest BCUT2D eigenvalue weighted by Gasteiger charge is -2.17. The van der Waals surface area contributed by atoms with E-state index < -0.39 is 0 Å². The van der Waals surface area contributed by atoms with Crippen molar-refractivity contribution < 1.29 is 13.9 Å². The summed E-state index contributed by atoms with van der Waals surface area (Å²) in [5.74, 6) is 0.819. The molecule has 0 saturated heterocycles. The molecule has 0 aliphatic carbocycles. The van der Waals surface area contributed by atoms with Gasteiger partial charge in [-0.3, -0.25) is 0 Å². The van der Waals surface area contributed by atoms with Crippen molar-refractivity contribution in [3.05, 3.63) is 59.4 Å². The molecule has 0 aliphatic heterocycles. The topological polar surface area (TPSA) is 44.5 Å². The smallest absolute Gasteiger partial charge is 0.165 e. The molecule has 0 spiro atoms. The number of nitrogens with two attached hydrogens (primary N) is 1. The van der Waals surface area contributed by atoms with E-state index in [0.29, 0.717) is 6.54 Å². The van der Waals surface area contributed by atoms with Gasteiger partial charge in [-0.15, -0.1) is 0 Å². The van der Waals surface area contributed by atoms with Gasteiger partial charge in [-0.05, 0) is 54.8 Å². The number of hydrogen-bond acceptors (Lipinski definition) is 3. The van der Waals surface area contributed by atoms with Crippen molar-refractivity contribution in [2.75, 3.05) is 20.3 Å². The minimum Gasteiger partial charge on any atom is -0.494 e. The van der Waals surface area contributed by atoms with Crippen LogP contribution in [0.15, 0.2) is 42.5 Å². The highest BCUT2D eigenvalue weighted by Gasteiger charge is 2.14. The van der Waals surface area contributed by atoms with Gasteiger partial charge in [0.2, 0.25) is 0 Å². The second kappa shape index (κ2) is 9.28. The van der Waals surface area contributed by atoms with Gasteiger partial charge in [-0.1, -0.05) is 31.5 Å². The summed E-state index contributed by atoms with van der Waals surface area (Å²) in [5.41, 5.74) is 7.94. The van der Waals surface area contributed by atoms with E-state index in [1.165, 1.54) is 13.2 Å². The quantitative estimate of drug-likeness (QED) is 0.697. The molecule has 0 aromatic heterocycles. The predicted molar refractivity (Wildman–Crippen MR) is 95.3 cm³/mol. The Hall–Kier alpha value is -2.07. The number of rotatable bonds is 9. The van der Waals surface area contributed by atoms with Crippen LogP contribution in [-0.2, 0) is 6.42 Å². The zero-order chi connectivity index (χ0) is 17.4. The van der Waals surface area contributed by atoms with Crippen LogP contribution in [0.1, 0.15) is 36.8 Å². The predicted octanol–water partition coefficient (Wildman–Crippen LogP) is 4.30. The normalized spacial score (nSPS) is 12.0. The summed E-state index contributed by atoms with van der Waals surface area (Å²) in [7, 11) is 1.46. The Kier molecular flexibility index (Phi) is 7.07. The Morgan fingerprint density at radius 2 is 2.00 bits per heavy atom. The maximum absolute atomic E-state index is 13.9. The number of unbranched alkanes of at least 4 members (excludes halogenated alkanes) is 1. The monoisotopic (exact) mass is 331 g/mol. The molecule has 0 fully saturated rings. The number of methoxy groups -OCH3 is 1. The van der Waals surface area contributed by atoms with Gasteiger partial charge in [0.1, 0.15) is 5.75 Å². The van der Waals surface area contributed by atoms with Gasteiger partial charge in [-0.25, -0.2) is 4.39 Å². The molecule has 0 saturated carbocycles. The second-order valence-electron chi connectivity index (χ2n) is 5.88. The lowest BCUT2D eigenvalue weighted by atomic mass is 9.92. The Morgan fingerprint density at radius 1 is 1.17 bits per heavy atom. The maximum Gasteiger partial charge on any atom is 0.165 e. The first-order valence-electron chi connectivity index (χ1n) is 8.43. The van der Waals surface area contributed by atoms with Gasteiger partial charge < -0.3 is 15.2 Å². The van der Waals surface area contributed by atoms with Gasteiger partial charge in [0.25, 0.3) is 0 Å². The first-order chi connectivity index (χ1) is 11.7. The van der Waals surface area contributed by atoms with Crippen molar-refractivity contribution in [1.82, 2.24) is 0 Å². The first-order valence-corrected chi connectivity index (χ1v) is 8.43. The van der Waals surface area contributed by atoms with Crippen molar-refractivity contribution in [1.29, 1.82) is 0 Å². The molecule has 2 N–H and O–H groups in total. The molecule has 0 amide bonds. The van der Waals surface area contributed by atoms with Crippen LogP contribution in [0, 0.1) is 5.82 Å². The SMILES string of the molecule is CCCCOc1cccc(CC(CN)c2ccc(OC)c(F)c2)c1. The molecular weight excluding hydrogens is 305 g/mol. The van der Waals surface area contributed by atoms with E-state index in [2.05, 4.69) is 13.0 Å². The summed E-state index contributed by atoms with van der Waals surface area (Å²) in [4.78, 5) is 0. The van der Waals surface area contributed by atoms with Gasteiger partial charge in [-0.2, -0.15) is 0 Å². The van der Waals surface area contributed by atoms with Crippen molar-refractivity contribution in [2.24, 2.45) is 5.73 Å². The fourth-order valence-electron chi connectivity index (χ4n) is 2.65. The molecule has 0 heterocycles. The van der Waals surface area contributed by atoms with Crippen molar-refractivity contribution in [2.45, 2.75) is 32.1 Å². The van der Waals surface area contributed by atoms with E-state index >= 15 is 0 Å². The fraction of sp³-hybridized carbons (Fsp3) is 0.400. The average Bonchev–Trinajstić information content (AvgIpc) is 2.60. The zero-order valence-electron chi connectivity index (χ0n) is 14.4. The molecule has 0 aliphatic rings. The van der Waals surface area contributed by atoms with Gasteiger partial charge >= 0.3 is 0 Å². The van der Waals surface area contributed by atoms with Crippen LogP contribution in [-0.4, -0.2) is 20.3 Å². The summed E-state index contributed by atoms with van der Waals surface area (Å²) in [5, 5.41) is 0. The third-order valence-electron chi connectivity index (χ3n) is 4.08. The molecular formula is C20H26FNO2. The summed E-state index contributed by atoms with van der Waals surface area (Å²) in [6, 6.07) is 13.1. The minimum absolute atomic E-state index is 0.0521. The third kappa shape index (κ3) is 4.96. The van der Waals surface area contributed by atoms with E-state index in [1.54, 1.807) is 6.07 Å². The summed E-state index contributed by atoms with van der Waals surface area (Å²) in [6.07, 6.45) is 2.89. The van der Waals surface area contributed by atoms with Gasteiger partial charge in [0.15, 0.2) is 11.6 Å². The Labute approximate surface area is 143 Å². The van der Waals surface area contributed by atoms with Gasteiger partial charge in [0.05, 0.1) is 13.7 Å². The van der Waals surface area contributed by atoms with E-state index in [4.69, 9.17) is 15.2 Å². The van der Waals surface area contributed by atoms with E-state index in [-0.39, 0.29) is 17.5 Å². The second-order valence-corrected chi connectivity index (χ2v) is 5.88. The Balaban J connectivity index is 2.09. The van der Waals surface area contributed by atoms with Gasteiger partial charge in [0, 0.05) is 5.92 Å². The van der Waals surface area contributed by atoms with Crippen LogP contribution in [0.3, 0.4) is 0 Å². The number of benzene rings is 2. The first kappa shape index (κ1) is 18.3. The fourth-order valence-corrected chi connectivity index (χ4v) is 2.65. The van der Waals surface area contributed by atoms with E-state index in [0.717, 1.165) is 42.7 Å². The molecule has 0 bridgehead atoms. The highest BCUT2D eigenvalue weighted by Crippen LogP contribution is 2.26. The van der Waals surface area contributed by atoms with Crippen LogP contribution >= 0.6 is 0 Å². The minimum atomic E-state index is -0.356. The summed E-state index contributed by atoms with van der Waals surface area (Å²) < 4.78 is 24.7.